The molecule has 1 fully saturated rings. The third-order valence-electron chi connectivity index (χ3n) is 3.70. The molecule has 2 unspecified atom stereocenters. The van der Waals surface area contributed by atoms with E-state index in [2.05, 4.69) is 21.2 Å². The molecule has 3 N–H and O–H groups in total. The Labute approximate surface area is 134 Å². The predicted molar refractivity (Wildman–Crippen MR) is 86.5 cm³/mol. The van der Waals surface area contributed by atoms with Crippen LogP contribution in [0.15, 0.2) is 42.6 Å². The number of nitrogens with one attached hydrogen (secondary N) is 3. The molecule has 0 saturated carbocycles. The average molecular weight is 317 g/mol. The van der Waals surface area contributed by atoms with Gasteiger partial charge in [-0.2, -0.15) is 0 Å². The molecule has 0 bridgehead atoms. The van der Waals surface area contributed by atoms with Gasteiger partial charge < -0.3 is 5.32 Å². The molecule has 2 aromatic rings. The van der Waals surface area contributed by atoms with E-state index < -0.39 is 0 Å². The lowest BCUT2D eigenvalue weighted by Gasteiger charge is -2.11. The van der Waals surface area contributed by atoms with E-state index in [0.717, 1.165) is 11.3 Å². The maximum absolute atomic E-state index is 12.3. The van der Waals surface area contributed by atoms with Gasteiger partial charge >= 0.3 is 0 Å². The fourth-order valence-corrected chi connectivity index (χ4v) is 2.58. The van der Waals surface area contributed by atoms with Crippen LogP contribution in [0, 0.1) is 6.92 Å². The number of hydrazine groups is 1. The van der Waals surface area contributed by atoms with Crippen molar-refractivity contribution >= 4 is 23.2 Å². The number of aromatic nitrogens is 1. The zero-order valence-corrected chi connectivity index (χ0v) is 12.9. The van der Waals surface area contributed by atoms with Crippen molar-refractivity contribution < 1.29 is 4.79 Å². The highest BCUT2D eigenvalue weighted by molar-refractivity contribution is 6.31. The van der Waals surface area contributed by atoms with Crippen molar-refractivity contribution in [2.75, 3.05) is 5.32 Å². The summed E-state index contributed by atoms with van der Waals surface area (Å²) in [6, 6.07) is 11.0. The van der Waals surface area contributed by atoms with E-state index in [4.69, 9.17) is 11.6 Å². The van der Waals surface area contributed by atoms with E-state index in [1.807, 2.05) is 37.3 Å². The van der Waals surface area contributed by atoms with E-state index in [-0.39, 0.29) is 18.0 Å². The topological polar surface area (TPSA) is 66.0 Å². The van der Waals surface area contributed by atoms with Gasteiger partial charge in [0.05, 0.1) is 11.7 Å². The number of amides is 1. The van der Waals surface area contributed by atoms with Crippen LogP contribution in [-0.4, -0.2) is 16.9 Å². The summed E-state index contributed by atoms with van der Waals surface area (Å²) in [6.45, 7) is 1.92. The Bertz CT molecular complexity index is 677. The van der Waals surface area contributed by atoms with Crippen LogP contribution < -0.4 is 16.2 Å². The molecule has 3 rings (SSSR count). The summed E-state index contributed by atoms with van der Waals surface area (Å²) in [5, 5.41) is 3.52. The molecule has 5 nitrogen and oxygen atoms in total. The monoisotopic (exact) mass is 316 g/mol. The highest BCUT2D eigenvalue weighted by atomic mass is 35.5. The lowest BCUT2D eigenvalue weighted by atomic mass is 10.1. The molecular weight excluding hydrogens is 300 g/mol. The Hall–Kier alpha value is -1.95. The number of rotatable bonds is 3. The highest BCUT2D eigenvalue weighted by Crippen LogP contribution is 2.23. The molecule has 1 amide bonds. The Morgan fingerprint density at radius 3 is 2.91 bits per heavy atom. The summed E-state index contributed by atoms with van der Waals surface area (Å²) in [5.41, 5.74) is 8.73. The molecule has 22 heavy (non-hydrogen) atoms. The lowest BCUT2D eigenvalue weighted by molar-refractivity contribution is -0.117. The van der Waals surface area contributed by atoms with Crippen molar-refractivity contribution in [2.45, 2.75) is 25.4 Å². The SMILES string of the molecule is Cc1ccc(NC(=O)C2CC(c3ccccn3)NN2)cc1Cl. The van der Waals surface area contributed by atoms with Crippen molar-refractivity contribution in [3.8, 4) is 0 Å². The smallest absolute Gasteiger partial charge is 0.242 e. The summed E-state index contributed by atoms with van der Waals surface area (Å²) >= 11 is 6.07. The molecule has 2 heterocycles. The maximum atomic E-state index is 12.3. The molecule has 6 heteroatoms. The minimum atomic E-state index is -0.313. The Balaban J connectivity index is 1.63. The normalized spacial score (nSPS) is 20.8. The number of anilines is 1. The minimum absolute atomic E-state index is 0.0264. The zero-order valence-electron chi connectivity index (χ0n) is 12.1. The van der Waals surface area contributed by atoms with Gasteiger partial charge in [-0.1, -0.05) is 23.7 Å². The van der Waals surface area contributed by atoms with Crippen LogP contribution in [0.25, 0.3) is 0 Å². The number of aryl methyl sites for hydroxylation is 1. The molecule has 1 aliphatic rings. The molecule has 1 aromatic heterocycles. The number of carbonyl (C=O) groups excluding carboxylic acids is 1. The zero-order chi connectivity index (χ0) is 15.5. The number of hydrogen-bond acceptors (Lipinski definition) is 4. The number of benzene rings is 1. The summed E-state index contributed by atoms with van der Waals surface area (Å²) in [5.74, 6) is -0.0918. The van der Waals surface area contributed by atoms with Gasteiger partial charge in [-0.15, -0.1) is 0 Å². The van der Waals surface area contributed by atoms with Gasteiger partial charge in [-0.25, -0.2) is 10.9 Å². The largest absolute Gasteiger partial charge is 0.325 e. The number of carbonyl (C=O) groups is 1. The minimum Gasteiger partial charge on any atom is -0.325 e. The van der Waals surface area contributed by atoms with E-state index >= 15 is 0 Å². The molecule has 1 saturated heterocycles. The van der Waals surface area contributed by atoms with Crippen LogP contribution in [0.4, 0.5) is 5.69 Å². The second kappa shape index (κ2) is 6.44. The van der Waals surface area contributed by atoms with E-state index in [1.54, 1.807) is 12.3 Å². The maximum Gasteiger partial charge on any atom is 0.242 e. The van der Waals surface area contributed by atoms with E-state index in [1.165, 1.54) is 0 Å². The first-order valence-corrected chi connectivity index (χ1v) is 7.50. The summed E-state index contributed by atoms with van der Waals surface area (Å²) in [6.07, 6.45) is 2.39. The molecule has 0 spiro atoms. The average Bonchev–Trinajstić information content (AvgIpc) is 3.02. The number of pyridine rings is 1. The van der Waals surface area contributed by atoms with Crippen LogP contribution in [-0.2, 0) is 4.79 Å². The first kappa shape index (κ1) is 15.0. The van der Waals surface area contributed by atoms with E-state index in [9.17, 15) is 4.79 Å². The Morgan fingerprint density at radius 2 is 2.18 bits per heavy atom. The Morgan fingerprint density at radius 1 is 1.32 bits per heavy atom. The highest BCUT2D eigenvalue weighted by Gasteiger charge is 2.30. The molecule has 0 aliphatic carbocycles. The number of halogens is 1. The van der Waals surface area contributed by atoms with Gasteiger partial charge in [0, 0.05) is 16.9 Å². The molecular formula is C16H17ClN4O. The predicted octanol–water partition coefficient (Wildman–Crippen LogP) is 2.59. The summed E-state index contributed by atoms with van der Waals surface area (Å²) in [4.78, 5) is 16.6. The van der Waals surface area contributed by atoms with Gasteiger partial charge in [0.15, 0.2) is 0 Å². The quantitative estimate of drug-likeness (QED) is 0.814. The first-order valence-electron chi connectivity index (χ1n) is 7.12. The van der Waals surface area contributed by atoms with Gasteiger partial charge in [0.25, 0.3) is 0 Å². The van der Waals surface area contributed by atoms with Gasteiger partial charge in [0.2, 0.25) is 5.91 Å². The van der Waals surface area contributed by atoms with Crippen molar-refractivity contribution in [1.29, 1.82) is 0 Å². The third kappa shape index (κ3) is 3.27. The van der Waals surface area contributed by atoms with Crippen LogP contribution in [0.3, 0.4) is 0 Å². The van der Waals surface area contributed by atoms with Crippen LogP contribution in [0.2, 0.25) is 5.02 Å². The second-order valence-electron chi connectivity index (χ2n) is 5.34. The molecule has 2 atom stereocenters. The van der Waals surface area contributed by atoms with Crippen LogP contribution in [0.1, 0.15) is 23.7 Å². The fraction of sp³-hybridized carbons (Fsp3) is 0.250. The second-order valence-corrected chi connectivity index (χ2v) is 5.74. The standard InChI is InChI=1S/C16H17ClN4O/c1-10-5-6-11(8-12(10)17)19-16(22)15-9-14(20-21-15)13-4-2-3-7-18-13/h2-8,14-15,20-21H,9H2,1H3,(H,19,22). The molecule has 0 radical (unpaired) electrons. The summed E-state index contributed by atoms with van der Waals surface area (Å²) in [7, 11) is 0. The fourth-order valence-electron chi connectivity index (χ4n) is 2.40. The van der Waals surface area contributed by atoms with Crippen LogP contribution >= 0.6 is 11.6 Å². The molecule has 114 valence electrons. The third-order valence-corrected chi connectivity index (χ3v) is 4.11. The number of hydrogen-bond donors (Lipinski definition) is 3. The summed E-state index contributed by atoms with van der Waals surface area (Å²) < 4.78 is 0. The Kier molecular flexibility index (Phi) is 4.38. The number of nitrogens with zero attached hydrogens (tertiary/aromatic N) is 1. The molecule has 1 aromatic carbocycles. The van der Waals surface area contributed by atoms with Gasteiger partial charge in [0.1, 0.15) is 6.04 Å². The van der Waals surface area contributed by atoms with Crippen molar-refractivity contribution in [3.63, 3.8) is 0 Å². The molecule has 1 aliphatic heterocycles. The van der Waals surface area contributed by atoms with Crippen molar-refractivity contribution in [1.82, 2.24) is 15.8 Å². The van der Waals surface area contributed by atoms with Crippen molar-refractivity contribution in [2.24, 2.45) is 0 Å². The van der Waals surface area contributed by atoms with Crippen molar-refractivity contribution in [3.05, 3.63) is 58.9 Å². The van der Waals surface area contributed by atoms with E-state index in [0.29, 0.717) is 17.1 Å². The van der Waals surface area contributed by atoms with Gasteiger partial charge in [-0.3, -0.25) is 9.78 Å². The lowest BCUT2D eigenvalue weighted by Crippen LogP contribution is -2.39. The first-order chi connectivity index (χ1) is 10.6. The van der Waals surface area contributed by atoms with Gasteiger partial charge in [-0.05, 0) is 43.2 Å². The van der Waals surface area contributed by atoms with Crippen LogP contribution in [0.5, 0.6) is 0 Å².